The highest BCUT2D eigenvalue weighted by atomic mass is 31.0. The molecule has 0 spiro atoms. The van der Waals surface area contributed by atoms with Gasteiger partial charge in [-0.15, -0.1) is 9.24 Å². The van der Waals surface area contributed by atoms with Crippen LogP contribution in [-0.4, -0.2) is 24.0 Å². The fourth-order valence-corrected chi connectivity index (χ4v) is 4.29. The van der Waals surface area contributed by atoms with Crippen LogP contribution in [0.1, 0.15) is 43.7 Å². The molecule has 1 aliphatic carbocycles. The van der Waals surface area contributed by atoms with Gasteiger partial charge in [0, 0.05) is 18.0 Å². The summed E-state index contributed by atoms with van der Waals surface area (Å²) in [6.07, 6.45) is 6.21. The van der Waals surface area contributed by atoms with Gasteiger partial charge >= 0.3 is 0 Å². The van der Waals surface area contributed by atoms with Gasteiger partial charge in [0.15, 0.2) is 0 Å². The van der Waals surface area contributed by atoms with Crippen LogP contribution in [-0.2, 0) is 9.59 Å². The molecule has 2 N–H and O–H groups in total. The molecule has 5 unspecified atom stereocenters. The van der Waals surface area contributed by atoms with Gasteiger partial charge in [0.05, 0.1) is 5.78 Å². The normalized spacial score (nSPS) is 31.7. The van der Waals surface area contributed by atoms with Crippen LogP contribution in [0, 0.1) is 11.8 Å². The fraction of sp³-hybridized carbons (Fsp3) is 0.556. The standard InChI is InChI=1S/C18H25N2O2P/c21-11-17(23)20-18(22)14-10-16(12-6-2-1-3-7-12)19-15-9-5-4-8-13(14)15/h1-3,6-7,11,13-17,19H,4-5,8-10,23H2,(H,20,22)/t13?,14?,15?,16?,17-/m1/s1. The minimum absolute atomic E-state index is 0.0187. The third kappa shape index (κ3) is 3.81. The van der Waals surface area contributed by atoms with E-state index in [1.54, 1.807) is 0 Å². The number of aldehydes is 1. The zero-order valence-electron chi connectivity index (χ0n) is 13.3. The largest absolute Gasteiger partial charge is 0.343 e. The van der Waals surface area contributed by atoms with Crippen LogP contribution < -0.4 is 10.6 Å². The van der Waals surface area contributed by atoms with Crippen LogP contribution in [0.5, 0.6) is 0 Å². The third-order valence-electron chi connectivity index (χ3n) is 5.24. The molecule has 6 atom stereocenters. The van der Waals surface area contributed by atoms with Crippen LogP contribution in [0.15, 0.2) is 30.3 Å². The minimum Gasteiger partial charge on any atom is -0.343 e. The van der Waals surface area contributed by atoms with E-state index < -0.39 is 5.78 Å². The molecule has 0 bridgehead atoms. The molecule has 1 saturated heterocycles. The number of rotatable bonds is 4. The molecule has 0 radical (unpaired) electrons. The summed E-state index contributed by atoms with van der Waals surface area (Å²) in [5, 5.41) is 6.60. The van der Waals surface area contributed by atoms with E-state index in [1.807, 2.05) is 18.2 Å². The molecule has 23 heavy (non-hydrogen) atoms. The summed E-state index contributed by atoms with van der Waals surface area (Å²) < 4.78 is 0. The number of hydrogen-bond donors (Lipinski definition) is 2. The Morgan fingerprint density at radius 3 is 2.74 bits per heavy atom. The molecule has 1 aromatic carbocycles. The Bertz CT molecular complexity index is 551. The van der Waals surface area contributed by atoms with Crippen molar-refractivity contribution in [1.82, 2.24) is 10.6 Å². The lowest BCUT2D eigenvalue weighted by Crippen LogP contribution is -2.53. The molecule has 1 aliphatic heterocycles. The Morgan fingerprint density at radius 1 is 1.26 bits per heavy atom. The molecule has 1 aromatic rings. The monoisotopic (exact) mass is 332 g/mol. The fourth-order valence-electron chi connectivity index (χ4n) is 4.13. The minimum atomic E-state index is -0.491. The van der Waals surface area contributed by atoms with Gasteiger partial charge in [0.25, 0.3) is 0 Å². The van der Waals surface area contributed by atoms with Crippen molar-refractivity contribution in [2.45, 2.75) is 50.0 Å². The van der Waals surface area contributed by atoms with E-state index >= 15 is 0 Å². The molecule has 2 aliphatic rings. The SMILES string of the molecule is O=C[C@@H](P)NC(=O)C1CC(c2ccccc2)NC2CCCCC21. The lowest BCUT2D eigenvalue weighted by atomic mass is 9.70. The summed E-state index contributed by atoms with van der Waals surface area (Å²) >= 11 is 0. The van der Waals surface area contributed by atoms with Crippen LogP contribution in [0.4, 0.5) is 0 Å². The lowest BCUT2D eigenvalue weighted by molar-refractivity contribution is -0.130. The first-order chi connectivity index (χ1) is 11.2. The van der Waals surface area contributed by atoms with Gasteiger partial charge in [0.2, 0.25) is 5.91 Å². The third-order valence-corrected chi connectivity index (χ3v) is 5.56. The first-order valence-electron chi connectivity index (χ1n) is 8.51. The summed E-state index contributed by atoms with van der Waals surface area (Å²) in [6, 6.07) is 11.0. The van der Waals surface area contributed by atoms with E-state index in [0.717, 1.165) is 25.5 Å². The predicted molar refractivity (Wildman–Crippen MR) is 93.9 cm³/mol. The first kappa shape index (κ1) is 16.6. The van der Waals surface area contributed by atoms with E-state index in [-0.39, 0.29) is 17.9 Å². The van der Waals surface area contributed by atoms with Gasteiger partial charge in [-0.25, -0.2) is 0 Å². The van der Waals surface area contributed by atoms with Crippen molar-refractivity contribution in [3.05, 3.63) is 35.9 Å². The maximum Gasteiger partial charge on any atom is 0.224 e. The summed E-state index contributed by atoms with van der Waals surface area (Å²) in [5.74, 6) is -0.103. The number of carbonyl (C=O) groups excluding carboxylic acids is 2. The molecule has 1 amide bonds. The molecule has 0 aromatic heterocycles. The Balaban J connectivity index is 1.79. The number of benzene rings is 1. The number of piperidine rings is 1. The Labute approximate surface area is 140 Å². The van der Waals surface area contributed by atoms with Crippen LogP contribution in [0.3, 0.4) is 0 Å². The van der Waals surface area contributed by atoms with E-state index in [4.69, 9.17) is 0 Å². The number of fused-ring (bicyclic) bond motifs is 1. The van der Waals surface area contributed by atoms with Crippen molar-refractivity contribution in [3.8, 4) is 0 Å². The van der Waals surface area contributed by atoms with Gasteiger partial charge in [-0.3, -0.25) is 4.79 Å². The van der Waals surface area contributed by atoms with E-state index in [0.29, 0.717) is 12.0 Å². The van der Waals surface area contributed by atoms with Crippen molar-refractivity contribution in [2.24, 2.45) is 11.8 Å². The lowest BCUT2D eigenvalue weighted by Gasteiger charge is -2.45. The quantitative estimate of drug-likeness (QED) is 0.658. The smallest absolute Gasteiger partial charge is 0.224 e. The highest BCUT2D eigenvalue weighted by Gasteiger charge is 2.42. The van der Waals surface area contributed by atoms with Crippen LogP contribution >= 0.6 is 9.24 Å². The zero-order valence-corrected chi connectivity index (χ0v) is 14.4. The highest BCUT2D eigenvalue weighted by Crippen LogP contribution is 2.40. The summed E-state index contributed by atoms with van der Waals surface area (Å²) in [5.41, 5.74) is 1.24. The molecular weight excluding hydrogens is 307 g/mol. The van der Waals surface area contributed by atoms with E-state index in [2.05, 4.69) is 32.0 Å². The second-order valence-corrected chi connectivity index (χ2v) is 7.42. The second-order valence-electron chi connectivity index (χ2n) is 6.70. The molecule has 4 nitrogen and oxygen atoms in total. The molecule has 3 rings (SSSR count). The molecule has 1 heterocycles. The van der Waals surface area contributed by atoms with Gasteiger partial charge in [0.1, 0.15) is 6.29 Å². The van der Waals surface area contributed by atoms with Gasteiger partial charge in [-0.05, 0) is 30.7 Å². The average Bonchev–Trinajstić information content (AvgIpc) is 2.61. The number of carbonyl (C=O) groups is 2. The topological polar surface area (TPSA) is 58.2 Å². The first-order valence-corrected chi connectivity index (χ1v) is 9.18. The van der Waals surface area contributed by atoms with Crippen molar-refractivity contribution in [2.75, 3.05) is 0 Å². The Kier molecular flexibility index (Phi) is 5.45. The predicted octanol–water partition coefficient (Wildman–Crippen LogP) is 2.41. The number of nitrogens with one attached hydrogen (secondary N) is 2. The Morgan fingerprint density at radius 2 is 2.00 bits per heavy atom. The summed E-state index contributed by atoms with van der Waals surface area (Å²) in [4.78, 5) is 23.5. The van der Waals surface area contributed by atoms with Crippen LogP contribution in [0.25, 0.3) is 0 Å². The molecular formula is C18H25N2O2P. The van der Waals surface area contributed by atoms with E-state index in [9.17, 15) is 9.59 Å². The van der Waals surface area contributed by atoms with E-state index in [1.165, 1.54) is 18.4 Å². The zero-order chi connectivity index (χ0) is 16.2. The molecule has 1 saturated carbocycles. The number of amides is 1. The average molecular weight is 332 g/mol. The van der Waals surface area contributed by atoms with Gasteiger partial charge < -0.3 is 15.4 Å². The van der Waals surface area contributed by atoms with Crippen molar-refractivity contribution >= 4 is 21.4 Å². The van der Waals surface area contributed by atoms with Crippen LogP contribution in [0.2, 0.25) is 0 Å². The molecule has 2 fully saturated rings. The summed E-state index contributed by atoms with van der Waals surface area (Å²) in [6.45, 7) is 0. The number of hydrogen-bond acceptors (Lipinski definition) is 3. The summed E-state index contributed by atoms with van der Waals surface area (Å²) in [7, 11) is 2.38. The van der Waals surface area contributed by atoms with Gasteiger partial charge in [-0.1, -0.05) is 43.2 Å². The molecule has 124 valence electrons. The van der Waals surface area contributed by atoms with Crippen molar-refractivity contribution in [1.29, 1.82) is 0 Å². The van der Waals surface area contributed by atoms with Crippen molar-refractivity contribution < 1.29 is 9.59 Å². The van der Waals surface area contributed by atoms with Crippen molar-refractivity contribution in [3.63, 3.8) is 0 Å². The molecule has 5 heteroatoms. The Hall–Kier alpha value is -1.25. The highest BCUT2D eigenvalue weighted by molar-refractivity contribution is 7.19. The second kappa shape index (κ2) is 7.55. The maximum atomic E-state index is 12.7. The maximum absolute atomic E-state index is 12.7. The van der Waals surface area contributed by atoms with Gasteiger partial charge in [-0.2, -0.15) is 0 Å².